The van der Waals surface area contributed by atoms with Crippen LogP contribution in [0.4, 0.5) is 5.69 Å². The molecule has 41 heavy (non-hydrogen) atoms. The van der Waals surface area contributed by atoms with Gasteiger partial charge in [-0.25, -0.2) is 0 Å². The van der Waals surface area contributed by atoms with E-state index in [-0.39, 0.29) is 49.3 Å². The van der Waals surface area contributed by atoms with Crippen molar-refractivity contribution >= 4 is 64.8 Å². The number of halogens is 3. The summed E-state index contributed by atoms with van der Waals surface area (Å²) in [4.78, 5) is 31.4. The number of piperazine rings is 1. The topological polar surface area (TPSA) is 85.5 Å². The molecule has 2 amide bonds. The Morgan fingerprint density at radius 2 is 1.80 bits per heavy atom. The van der Waals surface area contributed by atoms with E-state index in [1.165, 1.54) is 0 Å². The quantitative estimate of drug-likeness (QED) is 0.275. The zero-order valence-corrected chi connectivity index (χ0v) is 25.1. The number of benzene rings is 3. The van der Waals surface area contributed by atoms with Gasteiger partial charge in [-0.3, -0.25) is 19.2 Å². The lowest BCUT2D eigenvalue weighted by atomic mass is 10.1. The molecular formula is C30H31Cl3N6O2. The number of anilines is 1. The first-order chi connectivity index (χ1) is 18.9. The highest BCUT2D eigenvalue weighted by molar-refractivity contribution is 6.30. The number of fused-ring (bicyclic) bond motifs is 1. The van der Waals surface area contributed by atoms with Crippen LogP contribution in [0.1, 0.15) is 30.5 Å². The SMILES string of the molecule is CCN(C(C)=O)[C@H]1CN(c2cccc(Cl)c2)C(=O)CN1Cc1ccc2c(cnn2Cc2ccc(C#N)cc2)c1.Cl.Cl. The minimum Gasteiger partial charge on any atom is -0.326 e. The van der Waals surface area contributed by atoms with Crippen LogP contribution in [0.25, 0.3) is 10.9 Å². The maximum Gasteiger partial charge on any atom is 0.241 e. The highest BCUT2D eigenvalue weighted by atomic mass is 35.5. The van der Waals surface area contributed by atoms with E-state index in [9.17, 15) is 9.59 Å². The van der Waals surface area contributed by atoms with E-state index < -0.39 is 0 Å². The van der Waals surface area contributed by atoms with Gasteiger partial charge in [0, 0.05) is 36.1 Å². The first-order valence-electron chi connectivity index (χ1n) is 12.9. The summed E-state index contributed by atoms with van der Waals surface area (Å²) in [5, 5.41) is 15.2. The van der Waals surface area contributed by atoms with Gasteiger partial charge in [-0.1, -0.05) is 35.9 Å². The molecule has 5 rings (SSSR count). The molecule has 1 aliphatic rings. The number of carbonyl (C=O) groups is 2. The largest absolute Gasteiger partial charge is 0.326 e. The van der Waals surface area contributed by atoms with Crippen LogP contribution < -0.4 is 4.90 Å². The predicted molar refractivity (Wildman–Crippen MR) is 166 cm³/mol. The van der Waals surface area contributed by atoms with Gasteiger partial charge < -0.3 is 9.80 Å². The Bertz CT molecular complexity index is 1570. The van der Waals surface area contributed by atoms with Crippen LogP contribution in [-0.4, -0.2) is 57.2 Å². The van der Waals surface area contributed by atoms with E-state index in [0.717, 1.165) is 27.7 Å². The van der Waals surface area contributed by atoms with Gasteiger partial charge in [0.05, 0.1) is 43.0 Å². The number of hydrogen-bond acceptors (Lipinski definition) is 5. The minimum atomic E-state index is -0.279. The average Bonchev–Trinajstić information content (AvgIpc) is 3.32. The zero-order chi connectivity index (χ0) is 27.5. The normalized spacial score (nSPS) is 15.1. The third kappa shape index (κ3) is 7.00. The summed E-state index contributed by atoms with van der Waals surface area (Å²) in [6, 6.07) is 23.1. The van der Waals surface area contributed by atoms with Gasteiger partial charge >= 0.3 is 0 Å². The van der Waals surface area contributed by atoms with Gasteiger partial charge in [0.15, 0.2) is 0 Å². The van der Waals surface area contributed by atoms with E-state index in [0.29, 0.717) is 36.8 Å². The maximum absolute atomic E-state index is 13.3. The second-order valence-corrected chi connectivity index (χ2v) is 10.1. The highest BCUT2D eigenvalue weighted by Crippen LogP contribution is 2.27. The summed E-state index contributed by atoms with van der Waals surface area (Å²) >= 11 is 6.20. The van der Waals surface area contributed by atoms with Crippen LogP contribution in [0.3, 0.4) is 0 Å². The number of aromatic nitrogens is 2. The first-order valence-corrected chi connectivity index (χ1v) is 13.2. The molecule has 0 unspecified atom stereocenters. The van der Waals surface area contributed by atoms with Crippen molar-refractivity contribution in [3.05, 3.63) is 94.6 Å². The Kier molecular flexibility index (Phi) is 10.8. The van der Waals surface area contributed by atoms with Crippen LogP contribution in [0.5, 0.6) is 0 Å². The lowest BCUT2D eigenvalue weighted by molar-refractivity contribution is -0.140. The molecule has 11 heteroatoms. The number of nitrogens with zero attached hydrogens (tertiary/aromatic N) is 6. The van der Waals surface area contributed by atoms with Gasteiger partial charge in [0.1, 0.15) is 6.17 Å². The first kappa shape index (κ1) is 31.9. The number of likely N-dealkylation sites (N-methyl/N-ethyl adjacent to an activating group) is 1. The Hall–Kier alpha value is -3.61. The zero-order valence-electron chi connectivity index (χ0n) is 22.7. The van der Waals surface area contributed by atoms with Crippen LogP contribution in [-0.2, 0) is 22.7 Å². The molecule has 0 spiro atoms. The molecule has 2 heterocycles. The van der Waals surface area contributed by atoms with Crippen molar-refractivity contribution in [2.24, 2.45) is 0 Å². The molecule has 1 saturated heterocycles. The lowest BCUT2D eigenvalue weighted by Crippen LogP contribution is -2.63. The second kappa shape index (κ2) is 13.8. The Morgan fingerprint density at radius 1 is 1.07 bits per heavy atom. The molecule has 0 N–H and O–H groups in total. The van der Waals surface area contributed by atoms with Crippen LogP contribution in [0.15, 0.2) is 72.9 Å². The molecule has 0 radical (unpaired) electrons. The molecule has 1 aliphatic heterocycles. The van der Waals surface area contributed by atoms with Crippen molar-refractivity contribution in [3.63, 3.8) is 0 Å². The van der Waals surface area contributed by atoms with E-state index in [1.807, 2.05) is 66.3 Å². The van der Waals surface area contributed by atoms with E-state index >= 15 is 0 Å². The maximum atomic E-state index is 13.3. The fraction of sp³-hybridized carbons (Fsp3) is 0.267. The number of amides is 2. The van der Waals surface area contributed by atoms with E-state index in [4.69, 9.17) is 16.9 Å². The van der Waals surface area contributed by atoms with Crippen molar-refractivity contribution in [1.82, 2.24) is 19.6 Å². The summed E-state index contributed by atoms with van der Waals surface area (Å²) in [5.41, 5.74) is 4.46. The van der Waals surface area contributed by atoms with E-state index in [2.05, 4.69) is 22.1 Å². The van der Waals surface area contributed by atoms with Crippen LogP contribution in [0, 0.1) is 11.3 Å². The molecule has 0 bridgehead atoms. The molecule has 3 aromatic carbocycles. The van der Waals surface area contributed by atoms with Crippen molar-refractivity contribution in [2.45, 2.75) is 33.1 Å². The predicted octanol–water partition coefficient (Wildman–Crippen LogP) is 5.50. The van der Waals surface area contributed by atoms with Gasteiger partial charge in [-0.05, 0) is 60.5 Å². The fourth-order valence-electron chi connectivity index (χ4n) is 5.19. The molecule has 214 valence electrons. The van der Waals surface area contributed by atoms with Crippen LogP contribution >= 0.6 is 36.4 Å². The van der Waals surface area contributed by atoms with Gasteiger partial charge in [-0.2, -0.15) is 10.4 Å². The summed E-state index contributed by atoms with van der Waals surface area (Å²) in [6.07, 6.45) is 1.56. The lowest BCUT2D eigenvalue weighted by Gasteiger charge is -2.45. The van der Waals surface area contributed by atoms with Crippen molar-refractivity contribution < 1.29 is 9.59 Å². The number of carbonyl (C=O) groups excluding carboxylic acids is 2. The third-order valence-corrected chi connectivity index (χ3v) is 7.37. The summed E-state index contributed by atoms with van der Waals surface area (Å²) in [5.74, 6) is -0.0724. The third-order valence-electron chi connectivity index (χ3n) is 7.14. The fourth-order valence-corrected chi connectivity index (χ4v) is 5.38. The van der Waals surface area contributed by atoms with Crippen molar-refractivity contribution in [2.75, 3.05) is 24.5 Å². The molecule has 1 aromatic heterocycles. The van der Waals surface area contributed by atoms with Gasteiger partial charge in [-0.15, -0.1) is 24.8 Å². The summed E-state index contributed by atoms with van der Waals surface area (Å²) in [7, 11) is 0. The van der Waals surface area contributed by atoms with Gasteiger partial charge in [0.2, 0.25) is 11.8 Å². The molecular weight excluding hydrogens is 583 g/mol. The molecule has 0 aliphatic carbocycles. The Morgan fingerprint density at radius 3 is 2.46 bits per heavy atom. The average molecular weight is 614 g/mol. The molecule has 0 saturated carbocycles. The van der Waals surface area contributed by atoms with E-state index in [1.54, 1.807) is 28.9 Å². The van der Waals surface area contributed by atoms with Crippen molar-refractivity contribution in [1.29, 1.82) is 5.26 Å². The number of nitriles is 1. The molecule has 8 nitrogen and oxygen atoms in total. The molecule has 1 fully saturated rings. The monoisotopic (exact) mass is 612 g/mol. The second-order valence-electron chi connectivity index (χ2n) is 9.68. The number of hydrogen-bond donors (Lipinski definition) is 0. The minimum absolute atomic E-state index is 0. The van der Waals surface area contributed by atoms with Crippen molar-refractivity contribution in [3.8, 4) is 6.07 Å². The number of rotatable bonds is 7. The Labute approximate surface area is 256 Å². The summed E-state index contributed by atoms with van der Waals surface area (Å²) in [6.45, 7) is 5.70. The van der Waals surface area contributed by atoms with Gasteiger partial charge in [0.25, 0.3) is 0 Å². The molecule has 4 aromatic rings. The molecule has 1 atom stereocenters. The highest BCUT2D eigenvalue weighted by Gasteiger charge is 2.37. The smallest absolute Gasteiger partial charge is 0.241 e. The standard InChI is InChI=1S/C30H29ClN6O2.2ClH/c1-3-35(21(2)38)29-19-36(27-6-4-5-26(31)14-27)30(39)20-34(29)17-24-11-12-28-25(13-24)16-33-37(28)18-23-9-7-22(15-32)8-10-23;;/h4-14,16,29H,3,17-20H2,1-2H3;2*1H/t29-;;/m0../s1. The summed E-state index contributed by atoms with van der Waals surface area (Å²) < 4.78 is 1.94. The Balaban J connectivity index is 0.00000231. The van der Waals surface area contributed by atoms with Crippen LogP contribution in [0.2, 0.25) is 5.02 Å².